The number of benzene rings is 2. The van der Waals surface area contributed by atoms with Gasteiger partial charge in [0.25, 0.3) is 5.91 Å². The summed E-state index contributed by atoms with van der Waals surface area (Å²) >= 11 is 0. The van der Waals surface area contributed by atoms with E-state index in [9.17, 15) is 4.79 Å². The fourth-order valence-electron chi connectivity index (χ4n) is 2.70. The van der Waals surface area contributed by atoms with Crippen molar-refractivity contribution in [3.05, 3.63) is 60.4 Å². The predicted molar refractivity (Wildman–Crippen MR) is 85.0 cm³/mol. The second kappa shape index (κ2) is 5.15. The van der Waals surface area contributed by atoms with Crippen LogP contribution in [-0.4, -0.2) is 24.0 Å². The van der Waals surface area contributed by atoms with Gasteiger partial charge >= 0.3 is 0 Å². The summed E-state index contributed by atoms with van der Waals surface area (Å²) in [7, 11) is 0. The van der Waals surface area contributed by atoms with Crippen LogP contribution in [0.15, 0.2) is 54.9 Å². The Morgan fingerprint density at radius 2 is 1.86 bits per heavy atom. The van der Waals surface area contributed by atoms with Crippen molar-refractivity contribution in [1.82, 2.24) is 10.3 Å². The lowest BCUT2D eigenvalue weighted by Crippen LogP contribution is -2.24. The molecule has 1 aromatic heterocycles. The maximum Gasteiger partial charge on any atom is 0.255 e. The van der Waals surface area contributed by atoms with Crippen LogP contribution in [-0.2, 0) is 0 Å². The maximum absolute atomic E-state index is 12.1. The first-order chi connectivity index (χ1) is 10.8. The third kappa shape index (κ3) is 2.19. The largest absolute Gasteiger partial charge is 0.491 e. The van der Waals surface area contributed by atoms with Crippen LogP contribution >= 0.6 is 0 Å². The third-order valence-electron chi connectivity index (χ3n) is 3.84. The number of pyridine rings is 1. The Balaban J connectivity index is 1.83. The van der Waals surface area contributed by atoms with Crippen LogP contribution in [0.1, 0.15) is 10.4 Å². The lowest BCUT2D eigenvalue weighted by atomic mass is 10.00. The molecule has 4 nitrogen and oxygen atoms in total. The van der Waals surface area contributed by atoms with Crippen LogP contribution in [0.5, 0.6) is 5.75 Å². The lowest BCUT2D eigenvalue weighted by Gasteiger charge is -2.09. The summed E-state index contributed by atoms with van der Waals surface area (Å²) in [5, 5.41) is 5.06. The van der Waals surface area contributed by atoms with Gasteiger partial charge in [0.1, 0.15) is 12.4 Å². The Labute approximate surface area is 127 Å². The van der Waals surface area contributed by atoms with E-state index in [2.05, 4.69) is 28.5 Å². The first kappa shape index (κ1) is 12.8. The van der Waals surface area contributed by atoms with Crippen LogP contribution in [0, 0.1) is 0 Å². The lowest BCUT2D eigenvalue weighted by molar-refractivity contribution is 0.0957. The molecular weight excluding hydrogens is 276 g/mol. The molecule has 0 bridgehead atoms. The van der Waals surface area contributed by atoms with Crippen LogP contribution in [0.4, 0.5) is 0 Å². The number of hydrogen-bond acceptors (Lipinski definition) is 3. The number of carbonyl (C=O) groups is 1. The fraction of sp³-hybridized carbons (Fsp3) is 0.111. The first-order valence-corrected chi connectivity index (χ1v) is 7.20. The van der Waals surface area contributed by atoms with Gasteiger partial charge in [-0.15, -0.1) is 0 Å². The second-order valence-corrected chi connectivity index (χ2v) is 5.25. The molecule has 1 N–H and O–H groups in total. The highest BCUT2D eigenvalue weighted by atomic mass is 16.5. The zero-order chi connectivity index (χ0) is 14.9. The van der Waals surface area contributed by atoms with Gasteiger partial charge < -0.3 is 10.1 Å². The molecule has 1 aliphatic rings. The van der Waals surface area contributed by atoms with Crippen molar-refractivity contribution >= 4 is 16.7 Å². The molecule has 1 aliphatic heterocycles. The average molecular weight is 290 g/mol. The van der Waals surface area contributed by atoms with E-state index in [4.69, 9.17) is 4.74 Å². The van der Waals surface area contributed by atoms with Crippen molar-refractivity contribution in [3.8, 4) is 16.9 Å². The van der Waals surface area contributed by atoms with E-state index < -0.39 is 0 Å². The monoisotopic (exact) mass is 290 g/mol. The van der Waals surface area contributed by atoms with E-state index in [0.29, 0.717) is 24.5 Å². The molecular formula is C18H14N2O2. The van der Waals surface area contributed by atoms with E-state index in [1.165, 1.54) is 0 Å². The van der Waals surface area contributed by atoms with Crippen LogP contribution in [0.25, 0.3) is 21.9 Å². The van der Waals surface area contributed by atoms with Crippen molar-refractivity contribution in [2.75, 3.05) is 13.2 Å². The Morgan fingerprint density at radius 1 is 1.00 bits per heavy atom. The number of amides is 1. The van der Waals surface area contributed by atoms with Crippen molar-refractivity contribution in [2.45, 2.75) is 0 Å². The smallest absolute Gasteiger partial charge is 0.255 e. The van der Waals surface area contributed by atoms with E-state index >= 15 is 0 Å². The highest BCUT2D eigenvalue weighted by Crippen LogP contribution is 2.29. The van der Waals surface area contributed by atoms with Gasteiger partial charge in [-0.2, -0.15) is 0 Å². The van der Waals surface area contributed by atoms with E-state index in [1.807, 2.05) is 30.5 Å². The summed E-state index contributed by atoms with van der Waals surface area (Å²) in [6, 6.07) is 13.9. The standard InChI is InChI=1S/C18H14N2O2/c21-18-16-10-14(3-4-17(16)22-8-7-20-18)13-2-1-12-5-6-19-11-15(12)9-13/h1-6,9-11H,7-8H2,(H,20,21). The van der Waals surface area contributed by atoms with E-state index in [1.54, 1.807) is 6.20 Å². The topological polar surface area (TPSA) is 51.2 Å². The summed E-state index contributed by atoms with van der Waals surface area (Å²) in [5.74, 6) is 0.554. The summed E-state index contributed by atoms with van der Waals surface area (Å²) in [5.41, 5.74) is 2.63. The molecule has 0 unspecified atom stereocenters. The van der Waals surface area contributed by atoms with Crippen LogP contribution < -0.4 is 10.1 Å². The number of aromatic nitrogens is 1. The number of carbonyl (C=O) groups excluding carboxylic acids is 1. The summed E-state index contributed by atoms with van der Waals surface area (Å²) in [4.78, 5) is 16.3. The highest BCUT2D eigenvalue weighted by Gasteiger charge is 2.17. The summed E-state index contributed by atoms with van der Waals surface area (Å²) < 4.78 is 5.59. The highest BCUT2D eigenvalue weighted by molar-refractivity contribution is 5.99. The SMILES string of the molecule is O=C1NCCOc2ccc(-c3ccc4ccncc4c3)cc21. The predicted octanol–water partition coefficient (Wildman–Crippen LogP) is 3.02. The van der Waals surface area contributed by atoms with Crippen molar-refractivity contribution < 1.29 is 9.53 Å². The number of nitrogens with one attached hydrogen (secondary N) is 1. The van der Waals surface area contributed by atoms with Gasteiger partial charge in [0.2, 0.25) is 0 Å². The molecule has 0 saturated heterocycles. The van der Waals surface area contributed by atoms with E-state index in [0.717, 1.165) is 21.9 Å². The number of hydrogen-bond donors (Lipinski definition) is 1. The molecule has 4 rings (SSSR count). The second-order valence-electron chi connectivity index (χ2n) is 5.25. The first-order valence-electron chi connectivity index (χ1n) is 7.20. The van der Waals surface area contributed by atoms with Gasteiger partial charge in [-0.25, -0.2) is 0 Å². The third-order valence-corrected chi connectivity index (χ3v) is 3.84. The normalized spacial score (nSPS) is 13.9. The minimum Gasteiger partial charge on any atom is -0.491 e. The zero-order valence-electron chi connectivity index (χ0n) is 11.9. The fourth-order valence-corrected chi connectivity index (χ4v) is 2.70. The summed E-state index contributed by atoms with van der Waals surface area (Å²) in [6.45, 7) is 1.03. The van der Waals surface area contributed by atoms with Gasteiger partial charge in [0.15, 0.2) is 0 Å². The van der Waals surface area contributed by atoms with Gasteiger partial charge in [0, 0.05) is 17.8 Å². The Kier molecular flexibility index (Phi) is 3.00. The van der Waals surface area contributed by atoms with E-state index in [-0.39, 0.29) is 5.91 Å². The summed E-state index contributed by atoms with van der Waals surface area (Å²) in [6.07, 6.45) is 3.63. The number of ether oxygens (including phenoxy) is 1. The van der Waals surface area contributed by atoms with Crippen molar-refractivity contribution in [2.24, 2.45) is 0 Å². The average Bonchev–Trinajstić information content (AvgIpc) is 2.76. The molecule has 0 fully saturated rings. The molecule has 0 aliphatic carbocycles. The van der Waals surface area contributed by atoms with Crippen LogP contribution in [0.2, 0.25) is 0 Å². The van der Waals surface area contributed by atoms with Gasteiger partial charge in [-0.05, 0) is 40.8 Å². The molecule has 4 heteroatoms. The number of nitrogens with zero attached hydrogens (tertiary/aromatic N) is 1. The molecule has 0 spiro atoms. The molecule has 0 radical (unpaired) electrons. The number of rotatable bonds is 1. The Bertz CT molecular complexity index is 874. The molecule has 22 heavy (non-hydrogen) atoms. The number of fused-ring (bicyclic) bond motifs is 2. The minimum atomic E-state index is -0.0863. The maximum atomic E-state index is 12.1. The van der Waals surface area contributed by atoms with Gasteiger partial charge in [0.05, 0.1) is 12.1 Å². The molecule has 3 aromatic rings. The molecule has 0 atom stereocenters. The van der Waals surface area contributed by atoms with Crippen LogP contribution in [0.3, 0.4) is 0 Å². The van der Waals surface area contributed by atoms with Gasteiger partial charge in [-0.3, -0.25) is 9.78 Å². The Morgan fingerprint density at radius 3 is 2.82 bits per heavy atom. The zero-order valence-corrected chi connectivity index (χ0v) is 11.9. The molecule has 2 aromatic carbocycles. The molecule has 1 amide bonds. The molecule has 108 valence electrons. The molecule has 0 saturated carbocycles. The van der Waals surface area contributed by atoms with Crippen molar-refractivity contribution in [3.63, 3.8) is 0 Å². The minimum absolute atomic E-state index is 0.0863. The molecule has 2 heterocycles. The van der Waals surface area contributed by atoms with Gasteiger partial charge in [-0.1, -0.05) is 18.2 Å². The van der Waals surface area contributed by atoms with Crippen molar-refractivity contribution in [1.29, 1.82) is 0 Å². The quantitative estimate of drug-likeness (QED) is 0.749. The Hall–Kier alpha value is -2.88.